The number of hydrogen-bond acceptors (Lipinski definition) is 2. The van der Waals surface area contributed by atoms with E-state index in [1.54, 1.807) is 12.1 Å². The molecular formula is C14H19Cl2NO2. The van der Waals surface area contributed by atoms with Crippen LogP contribution in [0.15, 0.2) is 18.2 Å². The van der Waals surface area contributed by atoms with Gasteiger partial charge in [-0.3, -0.25) is 4.79 Å². The Labute approximate surface area is 123 Å². The average Bonchev–Trinajstić information content (AvgIpc) is 2.34. The molecule has 0 heterocycles. The number of benzene rings is 1. The molecule has 106 valence electrons. The Hall–Kier alpha value is -0.770. The first-order valence-corrected chi connectivity index (χ1v) is 7.03. The number of carbonyl (C=O) groups excluding carboxylic acids is 1. The summed E-state index contributed by atoms with van der Waals surface area (Å²) < 4.78 is 0. The number of aliphatic hydroxyl groups excluding tert-OH is 1. The Morgan fingerprint density at radius 2 is 2.05 bits per heavy atom. The van der Waals surface area contributed by atoms with E-state index in [4.69, 9.17) is 28.3 Å². The minimum Gasteiger partial charge on any atom is -0.394 e. The van der Waals surface area contributed by atoms with Gasteiger partial charge in [-0.1, -0.05) is 43.1 Å². The summed E-state index contributed by atoms with van der Waals surface area (Å²) in [6, 6.07) is 5.05. The number of halogens is 2. The number of aliphatic hydroxyl groups is 1. The molecule has 0 saturated carbocycles. The average molecular weight is 304 g/mol. The third kappa shape index (κ3) is 5.39. The SMILES string of the molecule is CC(C)[C@@H](CO)NC(=O)CCc1ccc(Cl)cc1Cl. The third-order valence-corrected chi connectivity index (χ3v) is 3.57. The molecule has 0 aromatic heterocycles. The topological polar surface area (TPSA) is 49.3 Å². The van der Waals surface area contributed by atoms with Gasteiger partial charge in [0.05, 0.1) is 12.6 Å². The van der Waals surface area contributed by atoms with Gasteiger partial charge >= 0.3 is 0 Å². The second kappa shape index (κ2) is 7.73. The van der Waals surface area contributed by atoms with Crippen LogP contribution in [0.1, 0.15) is 25.8 Å². The Kier molecular flexibility index (Phi) is 6.63. The van der Waals surface area contributed by atoms with Crippen molar-refractivity contribution >= 4 is 29.1 Å². The molecule has 0 unspecified atom stereocenters. The minimum absolute atomic E-state index is 0.0505. The first kappa shape index (κ1) is 16.3. The standard InChI is InChI=1S/C14H19Cl2NO2/c1-9(2)13(8-18)17-14(19)6-4-10-3-5-11(15)7-12(10)16/h3,5,7,9,13,18H,4,6,8H2,1-2H3,(H,17,19)/t13-/m1/s1. The molecule has 19 heavy (non-hydrogen) atoms. The van der Waals surface area contributed by atoms with Crippen LogP contribution in [-0.2, 0) is 11.2 Å². The van der Waals surface area contributed by atoms with Crippen molar-refractivity contribution in [2.45, 2.75) is 32.7 Å². The summed E-state index contributed by atoms with van der Waals surface area (Å²) in [5.41, 5.74) is 0.895. The maximum atomic E-state index is 11.8. The molecule has 0 bridgehead atoms. The molecule has 3 nitrogen and oxygen atoms in total. The van der Waals surface area contributed by atoms with Gasteiger partial charge in [0.25, 0.3) is 0 Å². The minimum atomic E-state index is -0.201. The molecule has 0 saturated heterocycles. The number of hydrogen-bond donors (Lipinski definition) is 2. The summed E-state index contributed by atoms with van der Waals surface area (Å²) in [6.45, 7) is 3.86. The fourth-order valence-electron chi connectivity index (χ4n) is 1.67. The number of nitrogens with one attached hydrogen (secondary N) is 1. The van der Waals surface area contributed by atoms with Crippen molar-refractivity contribution in [1.82, 2.24) is 5.32 Å². The Morgan fingerprint density at radius 1 is 1.37 bits per heavy atom. The van der Waals surface area contributed by atoms with Gasteiger partial charge in [0.1, 0.15) is 0 Å². The molecule has 1 aromatic carbocycles. The molecule has 2 N–H and O–H groups in total. The lowest BCUT2D eigenvalue weighted by atomic mass is 10.0. The highest BCUT2D eigenvalue weighted by Crippen LogP contribution is 2.22. The molecule has 0 aliphatic rings. The lowest BCUT2D eigenvalue weighted by Crippen LogP contribution is -2.41. The van der Waals surface area contributed by atoms with Crippen LogP contribution < -0.4 is 5.32 Å². The van der Waals surface area contributed by atoms with Gasteiger partial charge < -0.3 is 10.4 Å². The molecule has 0 spiro atoms. The maximum absolute atomic E-state index is 11.8. The van der Waals surface area contributed by atoms with E-state index in [0.29, 0.717) is 22.9 Å². The van der Waals surface area contributed by atoms with Crippen molar-refractivity contribution in [3.8, 4) is 0 Å². The second-order valence-corrected chi connectivity index (χ2v) is 5.68. The first-order chi connectivity index (χ1) is 8.93. The van der Waals surface area contributed by atoms with Gasteiger partial charge in [0, 0.05) is 16.5 Å². The van der Waals surface area contributed by atoms with Crippen molar-refractivity contribution in [3.05, 3.63) is 33.8 Å². The molecule has 1 atom stereocenters. The van der Waals surface area contributed by atoms with Crippen LogP contribution in [-0.4, -0.2) is 23.7 Å². The van der Waals surface area contributed by atoms with Crippen LogP contribution in [0.25, 0.3) is 0 Å². The van der Waals surface area contributed by atoms with Crippen molar-refractivity contribution in [2.24, 2.45) is 5.92 Å². The highest BCUT2D eigenvalue weighted by molar-refractivity contribution is 6.35. The van der Waals surface area contributed by atoms with Gasteiger partial charge in [0.2, 0.25) is 5.91 Å². The zero-order chi connectivity index (χ0) is 14.4. The van der Waals surface area contributed by atoms with Gasteiger partial charge in [-0.25, -0.2) is 0 Å². The molecule has 0 aliphatic carbocycles. The summed E-state index contributed by atoms with van der Waals surface area (Å²) >= 11 is 11.9. The fraction of sp³-hybridized carbons (Fsp3) is 0.500. The quantitative estimate of drug-likeness (QED) is 0.848. The maximum Gasteiger partial charge on any atom is 0.220 e. The van der Waals surface area contributed by atoms with Crippen LogP contribution >= 0.6 is 23.2 Å². The molecule has 1 amide bonds. The van der Waals surface area contributed by atoms with E-state index >= 15 is 0 Å². The molecule has 0 fully saturated rings. The van der Waals surface area contributed by atoms with Crippen LogP contribution in [0, 0.1) is 5.92 Å². The van der Waals surface area contributed by atoms with E-state index in [2.05, 4.69) is 5.32 Å². The summed E-state index contributed by atoms with van der Waals surface area (Å²) in [6.07, 6.45) is 0.892. The smallest absolute Gasteiger partial charge is 0.220 e. The summed E-state index contributed by atoms with van der Waals surface area (Å²) in [5, 5.41) is 13.1. The zero-order valence-corrected chi connectivity index (χ0v) is 12.6. The molecule has 1 rings (SSSR count). The van der Waals surface area contributed by atoms with E-state index in [-0.39, 0.29) is 24.5 Å². The van der Waals surface area contributed by atoms with Crippen LogP contribution in [0.4, 0.5) is 0 Å². The number of aryl methyl sites for hydroxylation is 1. The van der Waals surface area contributed by atoms with E-state index in [1.807, 2.05) is 19.9 Å². The third-order valence-electron chi connectivity index (χ3n) is 2.98. The lowest BCUT2D eigenvalue weighted by molar-refractivity contribution is -0.122. The van der Waals surface area contributed by atoms with E-state index < -0.39 is 0 Å². The Bertz CT molecular complexity index is 435. The largest absolute Gasteiger partial charge is 0.394 e. The van der Waals surface area contributed by atoms with Gasteiger partial charge in [-0.05, 0) is 30.0 Å². The number of amides is 1. The van der Waals surface area contributed by atoms with Gasteiger partial charge in [0.15, 0.2) is 0 Å². The lowest BCUT2D eigenvalue weighted by Gasteiger charge is -2.19. The number of rotatable bonds is 6. The van der Waals surface area contributed by atoms with Crippen LogP contribution in [0.2, 0.25) is 10.0 Å². The summed E-state index contributed by atoms with van der Waals surface area (Å²) in [5.74, 6) is 0.117. The van der Waals surface area contributed by atoms with Crippen LogP contribution in [0.5, 0.6) is 0 Å². The predicted octanol–water partition coefficient (Wildman–Crippen LogP) is 3.06. The van der Waals surface area contributed by atoms with Crippen molar-refractivity contribution < 1.29 is 9.90 Å². The predicted molar refractivity (Wildman–Crippen MR) is 78.6 cm³/mol. The van der Waals surface area contributed by atoms with E-state index in [9.17, 15) is 4.79 Å². The van der Waals surface area contributed by atoms with Crippen molar-refractivity contribution in [1.29, 1.82) is 0 Å². The highest BCUT2D eigenvalue weighted by Gasteiger charge is 2.15. The molecular weight excluding hydrogens is 285 g/mol. The summed E-state index contributed by atoms with van der Waals surface area (Å²) in [4.78, 5) is 11.8. The van der Waals surface area contributed by atoms with E-state index in [0.717, 1.165) is 5.56 Å². The van der Waals surface area contributed by atoms with E-state index in [1.165, 1.54) is 0 Å². The molecule has 0 aliphatic heterocycles. The monoisotopic (exact) mass is 303 g/mol. The second-order valence-electron chi connectivity index (χ2n) is 4.84. The van der Waals surface area contributed by atoms with Gasteiger partial charge in [-0.2, -0.15) is 0 Å². The fourth-order valence-corrected chi connectivity index (χ4v) is 2.18. The van der Waals surface area contributed by atoms with Crippen LogP contribution in [0.3, 0.4) is 0 Å². The van der Waals surface area contributed by atoms with Crippen molar-refractivity contribution in [3.63, 3.8) is 0 Å². The Balaban J connectivity index is 2.50. The Morgan fingerprint density at radius 3 is 2.58 bits per heavy atom. The zero-order valence-electron chi connectivity index (χ0n) is 11.1. The first-order valence-electron chi connectivity index (χ1n) is 6.28. The molecule has 0 radical (unpaired) electrons. The number of carbonyl (C=O) groups is 1. The van der Waals surface area contributed by atoms with Gasteiger partial charge in [-0.15, -0.1) is 0 Å². The van der Waals surface area contributed by atoms with Crippen molar-refractivity contribution in [2.75, 3.05) is 6.61 Å². The normalized spacial score (nSPS) is 12.5. The highest BCUT2D eigenvalue weighted by atomic mass is 35.5. The molecule has 5 heteroatoms. The molecule has 1 aromatic rings. The summed E-state index contributed by atoms with van der Waals surface area (Å²) in [7, 11) is 0.